The summed E-state index contributed by atoms with van der Waals surface area (Å²) < 4.78 is 0. The summed E-state index contributed by atoms with van der Waals surface area (Å²) in [5, 5.41) is 8.46. The minimum Gasteiger partial charge on any atom is -0.396 e. The maximum absolute atomic E-state index is 8.46. The van der Waals surface area contributed by atoms with Gasteiger partial charge in [-0.15, -0.1) is 12.4 Å². The highest BCUT2D eigenvalue weighted by Crippen LogP contribution is 1.94. The second-order valence-electron chi connectivity index (χ2n) is 2.32. The third-order valence-electron chi connectivity index (χ3n) is 1.43. The molecule has 0 saturated carbocycles. The number of aliphatic hydroxyl groups excluding tert-OH is 1. The van der Waals surface area contributed by atoms with Crippen molar-refractivity contribution in [3.63, 3.8) is 0 Å². The largest absolute Gasteiger partial charge is 0.396 e. The van der Waals surface area contributed by atoms with Gasteiger partial charge in [0, 0.05) is 12.6 Å². The Balaban J connectivity index is 0. The van der Waals surface area contributed by atoms with Gasteiger partial charge in [-0.05, 0) is 27.4 Å². The maximum Gasteiger partial charge on any atom is 0.0445 e. The molecule has 1 N–H and O–H groups in total. The minimum atomic E-state index is 0. The third kappa shape index (κ3) is 6.09. The van der Waals surface area contributed by atoms with E-state index in [0.717, 1.165) is 6.42 Å². The Labute approximate surface area is 63.3 Å². The Morgan fingerprint density at radius 1 is 1.44 bits per heavy atom. The first-order chi connectivity index (χ1) is 3.68. The van der Waals surface area contributed by atoms with Crippen LogP contribution in [-0.4, -0.2) is 36.8 Å². The van der Waals surface area contributed by atoms with Crippen LogP contribution in [0.3, 0.4) is 0 Å². The van der Waals surface area contributed by atoms with Gasteiger partial charge in [-0.2, -0.15) is 0 Å². The van der Waals surface area contributed by atoms with Crippen molar-refractivity contribution in [3.05, 3.63) is 0 Å². The van der Waals surface area contributed by atoms with Crippen molar-refractivity contribution in [2.75, 3.05) is 20.7 Å². The van der Waals surface area contributed by atoms with E-state index in [0.29, 0.717) is 12.6 Å². The molecule has 1 atom stereocenters. The van der Waals surface area contributed by atoms with Crippen molar-refractivity contribution < 1.29 is 5.11 Å². The van der Waals surface area contributed by atoms with Crippen LogP contribution in [0.4, 0.5) is 0 Å². The molecule has 0 aromatic rings. The van der Waals surface area contributed by atoms with Gasteiger partial charge in [-0.1, -0.05) is 0 Å². The monoisotopic (exact) mass is 153 g/mol. The van der Waals surface area contributed by atoms with Gasteiger partial charge in [-0.3, -0.25) is 0 Å². The Bertz CT molecular complexity index is 59.0. The molecule has 0 radical (unpaired) electrons. The highest BCUT2D eigenvalue weighted by atomic mass is 35.5. The smallest absolute Gasteiger partial charge is 0.0445 e. The fraction of sp³-hybridized carbons (Fsp3) is 1.00. The van der Waals surface area contributed by atoms with E-state index in [1.165, 1.54) is 0 Å². The standard InChI is InChI=1S/C6H15NO.ClH/c1-6(4-5-8)7(2)3;/h6,8H,4-5H2,1-3H3;1H/t6-;/m0./s1. The molecule has 0 fully saturated rings. The highest BCUT2D eigenvalue weighted by molar-refractivity contribution is 5.85. The fourth-order valence-corrected chi connectivity index (χ4v) is 0.445. The molecule has 0 bridgehead atoms. The summed E-state index contributed by atoms with van der Waals surface area (Å²) >= 11 is 0. The first-order valence-electron chi connectivity index (χ1n) is 2.95. The van der Waals surface area contributed by atoms with Crippen molar-refractivity contribution in [3.8, 4) is 0 Å². The van der Waals surface area contributed by atoms with E-state index in [1.54, 1.807) is 0 Å². The zero-order valence-electron chi connectivity index (χ0n) is 6.29. The molecular formula is C6H16ClNO. The fourth-order valence-electron chi connectivity index (χ4n) is 0.445. The van der Waals surface area contributed by atoms with Crippen molar-refractivity contribution >= 4 is 12.4 Å². The second kappa shape index (κ2) is 6.33. The van der Waals surface area contributed by atoms with E-state index in [2.05, 4.69) is 11.8 Å². The highest BCUT2D eigenvalue weighted by Gasteiger charge is 2.00. The Kier molecular flexibility index (Phi) is 8.40. The van der Waals surface area contributed by atoms with Crippen LogP contribution in [0, 0.1) is 0 Å². The van der Waals surface area contributed by atoms with Crippen LogP contribution in [-0.2, 0) is 0 Å². The van der Waals surface area contributed by atoms with Crippen LogP contribution in [0.2, 0.25) is 0 Å². The number of halogens is 1. The van der Waals surface area contributed by atoms with E-state index in [1.807, 2.05) is 14.1 Å². The van der Waals surface area contributed by atoms with Gasteiger partial charge in [0.1, 0.15) is 0 Å². The first kappa shape index (κ1) is 11.9. The van der Waals surface area contributed by atoms with Crippen LogP contribution in [0.15, 0.2) is 0 Å². The summed E-state index contributed by atoms with van der Waals surface area (Å²) in [7, 11) is 4.03. The van der Waals surface area contributed by atoms with E-state index in [-0.39, 0.29) is 12.4 Å². The Morgan fingerprint density at radius 2 is 1.89 bits per heavy atom. The predicted octanol–water partition coefficient (Wildman–Crippen LogP) is 0.741. The molecule has 2 nitrogen and oxygen atoms in total. The molecule has 0 unspecified atom stereocenters. The number of aliphatic hydroxyl groups is 1. The molecule has 3 heteroatoms. The molecule has 0 heterocycles. The van der Waals surface area contributed by atoms with Crippen molar-refractivity contribution in [1.29, 1.82) is 0 Å². The molecule has 0 aliphatic carbocycles. The van der Waals surface area contributed by atoms with Crippen molar-refractivity contribution in [2.24, 2.45) is 0 Å². The lowest BCUT2D eigenvalue weighted by Crippen LogP contribution is -2.25. The minimum absolute atomic E-state index is 0. The van der Waals surface area contributed by atoms with Crippen molar-refractivity contribution in [2.45, 2.75) is 19.4 Å². The maximum atomic E-state index is 8.46. The van der Waals surface area contributed by atoms with Gasteiger partial charge >= 0.3 is 0 Å². The lowest BCUT2D eigenvalue weighted by molar-refractivity contribution is 0.220. The molecule has 0 aliphatic rings. The summed E-state index contributed by atoms with van der Waals surface area (Å²) in [6.45, 7) is 2.38. The molecular weight excluding hydrogens is 138 g/mol. The summed E-state index contributed by atoms with van der Waals surface area (Å²) in [4.78, 5) is 2.09. The normalized spacial score (nSPS) is 13.0. The van der Waals surface area contributed by atoms with E-state index >= 15 is 0 Å². The quantitative estimate of drug-likeness (QED) is 0.647. The molecule has 0 spiro atoms. The van der Waals surface area contributed by atoms with Gasteiger partial charge in [-0.25, -0.2) is 0 Å². The summed E-state index contributed by atoms with van der Waals surface area (Å²) in [5.41, 5.74) is 0. The average Bonchev–Trinajstić information content (AvgIpc) is 1.67. The summed E-state index contributed by atoms with van der Waals surface area (Å²) in [5.74, 6) is 0. The Morgan fingerprint density at radius 3 is 2.00 bits per heavy atom. The molecule has 9 heavy (non-hydrogen) atoms. The van der Waals surface area contributed by atoms with Crippen LogP contribution in [0.1, 0.15) is 13.3 Å². The molecule has 0 saturated heterocycles. The van der Waals surface area contributed by atoms with E-state index in [9.17, 15) is 0 Å². The summed E-state index contributed by atoms with van der Waals surface area (Å²) in [6, 6.07) is 0.500. The first-order valence-corrected chi connectivity index (χ1v) is 2.95. The van der Waals surface area contributed by atoms with Crippen LogP contribution in [0.5, 0.6) is 0 Å². The average molecular weight is 154 g/mol. The van der Waals surface area contributed by atoms with Crippen LogP contribution < -0.4 is 0 Å². The number of rotatable bonds is 3. The molecule has 0 amide bonds. The SMILES string of the molecule is C[C@@H](CCO)N(C)C.Cl. The lowest BCUT2D eigenvalue weighted by Gasteiger charge is -2.17. The molecule has 0 rings (SSSR count). The number of hydrogen-bond donors (Lipinski definition) is 1. The molecule has 0 aliphatic heterocycles. The molecule has 0 aromatic carbocycles. The van der Waals surface area contributed by atoms with Crippen molar-refractivity contribution in [1.82, 2.24) is 4.90 Å². The van der Waals surface area contributed by atoms with Gasteiger partial charge < -0.3 is 10.0 Å². The van der Waals surface area contributed by atoms with Crippen LogP contribution in [0.25, 0.3) is 0 Å². The third-order valence-corrected chi connectivity index (χ3v) is 1.43. The van der Waals surface area contributed by atoms with Gasteiger partial charge in [0.05, 0.1) is 0 Å². The van der Waals surface area contributed by atoms with Gasteiger partial charge in [0.25, 0.3) is 0 Å². The zero-order valence-corrected chi connectivity index (χ0v) is 7.11. The number of hydrogen-bond acceptors (Lipinski definition) is 2. The second-order valence-corrected chi connectivity index (χ2v) is 2.32. The van der Waals surface area contributed by atoms with Gasteiger partial charge in [0.15, 0.2) is 0 Å². The van der Waals surface area contributed by atoms with Gasteiger partial charge in [0.2, 0.25) is 0 Å². The molecule has 58 valence electrons. The topological polar surface area (TPSA) is 23.5 Å². The lowest BCUT2D eigenvalue weighted by atomic mass is 10.2. The Hall–Kier alpha value is 0.210. The van der Waals surface area contributed by atoms with Crippen LogP contribution >= 0.6 is 12.4 Å². The molecule has 0 aromatic heterocycles. The summed E-state index contributed by atoms with van der Waals surface area (Å²) in [6.07, 6.45) is 0.868. The predicted molar refractivity (Wildman–Crippen MR) is 42.1 cm³/mol. The van der Waals surface area contributed by atoms with E-state index in [4.69, 9.17) is 5.11 Å². The van der Waals surface area contributed by atoms with E-state index < -0.39 is 0 Å². The number of nitrogens with zero attached hydrogens (tertiary/aromatic N) is 1. The zero-order chi connectivity index (χ0) is 6.57.